The average molecular weight is 388 g/mol. The topological polar surface area (TPSA) is 56.8 Å². The van der Waals surface area contributed by atoms with Gasteiger partial charge >= 0.3 is 6.09 Å². The molecule has 0 fully saturated rings. The summed E-state index contributed by atoms with van der Waals surface area (Å²) < 4.78 is 15.9. The van der Waals surface area contributed by atoms with Crippen LogP contribution in [0.15, 0.2) is 54.6 Å². The van der Waals surface area contributed by atoms with E-state index < -0.39 is 6.09 Å². The SMILES string of the molecule is CC.CCC(CC)c1ccc(OCOCCOC(=O)Nc2ccccc2)cc1. The first-order valence-corrected chi connectivity index (χ1v) is 10.0. The monoisotopic (exact) mass is 387 g/mol. The van der Waals surface area contributed by atoms with Crippen LogP contribution in [-0.2, 0) is 9.47 Å². The van der Waals surface area contributed by atoms with Crippen molar-refractivity contribution in [1.82, 2.24) is 0 Å². The molecule has 2 rings (SSSR count). The number of para-hydroxylation sites is 1. The molecule has 5 nitrogen and oxygen atoms in total. The summed E-state index contributed by atoms with van der Waals surface area (Å²) in [6, 6.07) is 17.3. The number of hydrogen-bond donors (Lipinski definition) is 1. The molecule has 0 aliphatic carbocycles. The Morgan fingerprint density at radius 3 is 2.18 bits per heavy atom. The van der Waals surface area contributed by atoms with Gasteiger partial charge in [0.2, 0.25) is 0 Å². The first kappa shape index (κ1) is 23.5. The molecule has 154 valence electrons. The number of benzene rings is 2. The fourth-order valence-electron chi connectivity index (χ4n) is 2.63. The van der Waals surface area contributed by atoms with Crippen molar-refractivity contribution in [2.75, 3.05) is 25.3 Å². The van der Waals surface area contributed by atoms with E-state index in [1.165, 1.54) is 5.56 Å². The van der Waals surface area contributed by atoms with Gasteiger partial charge in [-0.25, -0.2) is 4.79 Å². The molecule has 0 saturated heterocycles. The van der Waals surface area contributed by atoms with Crippen LogP contribution < -0.4 is 10.1 Å². The van der Waals surface area contributed by atoms with E-state index in [-0.39, 0.29) is 20.0 Å². The van der Waals surface area contributed by atoms with Crippen LogP contribution in [0.1, 0.15) is 52.0 Å². The van der Waals surface area contributed by atoms with E-state index in [1.807, 2.05) is 44.2 Å². The Kier molecular flexibility index (Phi) is 12.2. The van der Waals surface area contributed by atoms with Crippen LogP contribution >= 0.6 is 0 Å². The summed E-state index contributed by atoms with van der Waals surface area (Å²) >= 11 is 0. The molecule has 0 radical (unpaired) electrons. The molecule has 28 heavy (non-hydrogen) atoms. The smallest absolute Gasteiger partial charge is 0.411 e. The third-order valence-corrected chi connectivity index (χ3v) is 4.13. The van der Waals surface area contributed by atoms with E-state index >= 15 is 0 Å². The minimum absolute atomic E-state index is 0.119. The van der Waals surface area contributed by atoms with Gasteiger partial charge in [-0.2, -0.15) is 0 Å². The molecule has 1 N–H and O–H groups in total. The quantitative estimate of drug-likeness (QED) is 0.388. The largest absolute Gasteiger partial charge is 0.468 e. The van der Waals surface area contributed by atoms with Gasteiger partial charge in [0, 0.05) is 5.69 Å². The number of nitrogens with one attached hydrogen (secondary N) is 1. The second-order valence-electron chi connectivity index (χ2n) is 5.88. The zero-order valence-electron chi connectivity index (χ0n) is 17.4. The van der Waals surface area contributed by atoms with Gasteiger partial charge in [-0.05, 0) is 48.6 Å². The standard InChI is InChI=1S/C21H27NO4.C2H6/c1-3-17(4-2)18-10-12-20(13-11-18)26-16-24-14-15-25-21(23)22-19-8-6-5-7-9-19;1-2/h5-13,17H,3-4,14-16H2,1-2H3,(H,22,23);1-2H3. The molecular formula is C23H33NO4. The molecule has 0 heterocycles. The Hall–Kier alpha value is -2.53. The van der Waals surface area contributed by atoms with Gasteiger partial charge in [0.15, 0.2) is 6.79 Å². The highest BCUT2D eigenvalue weighted by Crippen LogP contribution is 2.24. The van der Waals surface area contributed by atoms with Crippen molar-refractivity contribution in [2.24, 2.45) is 0 Å². The van der Waals surface area contributed by atoms with Crippen molar-refractivity contribution in [2.45, 2.75) is 46.5 Å². The Balaban J connectivity index is 0.00000190. The second kappa shape index (κ2) is 14.5. The van der Waals surface area contributed by atoms with Crippen LogP contribution in [0.4, 0.5) is 10.5 Å². The van der Waals surface area contributed by atoms with Crippen molar-refractivity contribution in [3.05, 3.63) is 60.2 Å². The molecule has 0 unspecified atom stereocenters. The van der Waals surface area contributed by atoms with Crippen molar-refractivity contribution in [3.63, 3.8) is 0 Å². The van der Waals surface area contributed by atoms with Crippen molar-refractivity contribution in [1.29, 1.82) is 0 Å². The summed E-state index contributed by atoms with van der Waals surface area (Å²) in [6.45, 7) is 8.96. The Morgan fingerprint density at radius 2 is 1.57 bits per heavy atom. The molecule has 0 bridgehead atoms. The average Bonchev–Trinajstić information content (AvgIpc) is 2.74. The summed E-state index contributed by atoms with van der Waals surface area (Å²) in [5, 5.41) is 2.63. The maximum atomic E-state index is 11.6. The van der Waals surface area contributed by atoms with Gasteiger partial charge in [-0.15, -0.1) is 0 Å². The molecule has 2 aromatic rings. The molecular weight excluding hydrogens is 354 g/mol. The predicted octanol–water partition coefficient (Wildman–Crippen LogP) is 6.22. The van der Waals surface area contributed by atoms with Gasteiger partial charge in [0.1, 0.15) is 12.4 Å². The number of amides is 1. The molecule has 0 atom stereocenters. The van der Waals surface area contributed by atoms with Gasteiger partial charge < -0.3 is 14.2 Å². The van der Waals surface area contributed by atoms with Crippen molar-refractivity contribution in [3.8, 4) is 5.75 Å². The predicted molar refractivity (Wildman–Crippen MR) is 114 cm³/mol. The lowest BCUT2D eigenvalue weighted by Crippen LogP contribution is -2.17. The second-order valence-corrected chi connectivity index (χ2v) is 5.88. The lowest BCUT2D eigenvalue weighted by atomic mass is 9.94. The van der Waals surface area contributed by atoms with Gasteiger partial charge in [0.25, 0.3) is 0 Å². The molecule has 0 saturated carbocycles. The molecule has 2 aromatic carbocycles. The minimum Gasteiger partial charge on any atom is -0.468 e. The zero-order valence-corrected chi connectivity index (χ0v) is 17.4. The molecule has 1 amide bonds. The fourth-order valence-corrected chi connectivity index (χ4v) is 2.63. The fraction of sp³-hybridized carbons (Fsp3) is 0.435. The normalized spacial score (nSPS) is 10.0. The van der Waals surface area contributed by atoms with Crippen LogP contribution in [0.3, 0.4) is 0 Å². The first-order valence-electron chi connectivity index (χ1n) is 10.0. The van der Waals surface area contributed by atoms with Crippen LogP contribution in [0, 0.1) is 0 Å². The third-order valence-electron chi connectivity index (χ3n) is 4.13. The number of anilines is 1. The van der Waals surface area contributed by atoms with E-state index in [9.17, 15) is 4.79 Å². The summed E-state index contributed by atoms with van der Waals surface area (Å²) in [5.74, 6) is 1.36. The number of hydrogen-bond acceptors (Lipinski definition) is 4. The van der Waals surface area contributed by atoms with Gasteiger partial charge in [-0.3, -0.25) is 5.32 Å². The summed E-state index contributed by atoms with van der Waals surface area (Å²) in [7, 11) is 0. The maximum Gasteiger partial charge on any atom is 0.411 e. The molecule has 5 heteroatoms. The van der Waals surface area contributed by atoms with Crippen molar-refractivity contribution >= 4 is 11.8 Å². The third kappa shape index (κ3) is 8.91. The zero-order chi connectivity index (χ0) is 20.6. The highest BCUT2D eigenvalue weighted by atomic mass is 16.7. The van der Waals surface area contributed by atoms with Gasteiger partial charge in [0.05, 0.1) is 6.61 Å². The lowest BCUT2D eigenvalue weighted by molar-refractivity contribution is -0.00332. The Morgan fingerprint density at radius 1 is 0.929 bits per heavy atom. The lowest BCUT2D eigenvalue weighted by Gasteiger charge is -2.13. The van der Waals surface area contributed by atoms with E-state index in [4.69, 9.17) is 14.2 Å². The van der Waals surface area contributed by atoms with E-state index in [0.29, 0.717) is 11.6 Å². The maximum absolute atomic E-state index is 11.6. The Bertz CT molecular complexity index is 639. The minimum atomic E-state index is -0.502. The number of ether oxygens (including phenoxy) is 3. The first-order chi connectivity index (χ1) is 13.7. The molecule has 0 aliphatic rings. The van der Waals surface area contributed by atoms with E-state index in [1.54, 1.807) is 12.1 Å². The van der Waals surface area contributed by atoms with Crippen LogP contribution in [0.2, 0.25) is 0 Å². The molecule has 0 spiro atoms. The van der Waals surface area contributed by atoms with E-state index in [0.717, 1.165) is 18.6 Å². The summed E-state index contributed by atoms with van der Waals surface area (Å²) in [5.41, 5.74) is 2.03. The Labute approximate surface area is 169 Å². The molecule has 0 aliphatic heterocycles. The number of carbonyl (C=O) groups excluding carboxylic acids is 1. The van der Waals surface area contributed by atoms with Crippen LogP contribution in [0.25, 0.3) is 0 Å². The highest BCUT2D eigenvalue weighted by Gasteiger charge is 2.06. The summed E-state index contributed by atoms with van der Waals surface area (Å²) in [6.07, 6.45) is 1.77. The van der Waals surface area contributed by atoms with E-state index in [2.05, 4.69) is 31.3 Å². The van der Waals surface area contributed by atoms with Gasteiger partial charge in [-0.1, -0.05) is 58.0 Å². The molecule has 0 aromatic heterocycles. The van der Waals surface area contributed by atoms with Crippen LogP contribution in [0.5, 0.6) is 5.75 Å². The number of carbonyl (C=O) groups is 1. The summed E-state index contributed by atoms with van der Waals surface area (Å²) in [4.78, 5) is 11.6. The number of rotatable bonds is 10. The van der Waals surface area contributed by atoms with Crippen molar-refractivity contribution < 1.29 is 19.0 Å². The van der Waals surface area contributed by atoms with Crippen LogP contribution in [-0.4, -0.2) is 26.1 Å². The highest BCUT2D eigenvalue weighted by molar-refractivity contribution is 5.84.